The van der Waals surface area contributed by atoms with Crippen molar-refractivity contribution in [1.82, 2.24) is 5.32 Å². The van der Waals surface area contributed by atoms with Crippen LogP contribution in [0.3, 0.4) is 0 Å². The second-order valence-electron chi connectivity index (χ2n) is 19.8. The molecule has 1 amide bonds. The Morgan fingerprint density at radius 2 is 0.938 bits per heavy atom. The number of quaternary nitrogens is 1. The number of phosphoric ester groups is 1. The van der Waals surface area contributed by atoms with Gasteiger partial charge in [-0.05, 0) is 63.9 Å². The minimum atomic E-state index is -4.43. The lowest BCUT2D eigenvalue weighted by atomic mass is 10.0. The third-order valence-electron chi connectivity index (χ3n) is 12.1. The zero-order valence-corrected chi connectivity index (χ0v) is 44.4. The highest BCUT2D eigenvalue weighted by Crippen LogP contribution is 2.43. The third kappa shape index (κ3) is 47.1. The van der Waals surface area contributed by atoms with Gasteiger partial charge in [0.2, 0.25) is 5.91 Å². The van der Waals surface area contributed by atoms with Crippen LogP contribution in [-0.2, 0) is 27.9 Å². The number of allylic oxidation sites excluding steroid dienone is 5. The van der Waals surface area contributed by atoms with Gasteiger partial charge in [-0.1, -0.05) is 212 Å². The fourth-order valence-electron chi connectivity index (χ4n) is 7.79. The second-order valence-corrected chi connectivity index (χ2v) is 21.2. The summed E-state index contributed by atoms with van der Waals surface area (Å²) in [7, 11) is 1.50. The van der Waals surface area contributed by atoms with E-state index < -0.39 is 20.0 Å². The van der Waals surface area contributed by atoms with Crippen LogP contribution in [0.15, 0.2) is 36.5 Å². The molecule has 9 nitrogen and oxygen atoms in total. The van der Waals surface area contributed by atoms with E-state index in [2.05, 4.69) is 50.4 Å². The first-order valence-electron chi connectivity index (χ1n) is 27.3. The lowest BCUT2D eigenvalue weighted by Crippen LogP contribution is -2.47. The number of carbonyl (C=O) groups excluding carboxylic acids is 2. The number of amides is 1. The zero-order chi connectivity index (χ0) is 48.0. The molecule has 0 spiro atoms. The number of likely N-dealkylation sites (N-methyl/N-ethyl adjacent to an activating group) is 1. The summed E-state index contributed by atoms with van der Waals surface area (Å²) >= 11 is 0. The SMILES string of the molecule is CCCCC/C=C\C/C=C\CCCCCCCCCC(=O)OC(/C=C/CCCCCCCCCCC)C(COP(=O)(O)OCC[N+](C)(C)C)NC(=O)CCCCCCCCCCCCC. The Bertz CT molecular complexity index is 1220. The molecule has 0 saturated carbocycles. The number of hydrogen-bond donors (Lipinski definition) is 2. The average molecular weight is 938 g/mol. The molecule has 0 aromatic rings. The normalized spacial score (nSPS) is 14.1. The van der Waals surface area contributed by atoms with E-state index in [1.54, 1.807) is 0 Å². The molecule has 10 heteroatoms. The summed E-state index contributed by atoms with van der Waals surface area (Å²) in [5, 5.41) is 3.04. The molecule has 0 heterocycles. The zero-order valence-electron chi connectivity index (χ0n) is 43.5. The standard InChI is InChI=1S/C55H105N2O7P/c1-7-10-13-16-19-22-25-26-27-28-29-30-33-36-39-42-45-48-55(59)64-53(46-43-40-37-34-31-23-20-17-14-11-8-2)52(51-63-65(60,61)62-50-49-57(4,5)6)56-54(58)47-44-41-38-35-32-24-21-18-15-12-9-3/h19,22,26-27,43,46,52-53H,7-18,20-21,23-25,28-42,44-45,47-51H2,1-6H3,(H-,56,58,60,61)/p+1/b22-19-,27-26-,46-43+. The van der Waals surface area contributed by atoms with Crippen LogP contribution in [0.4, 0.5) is 0 Å². The van der Waals surface area contributed by atoms with Gasteiger partial charge in [-0.25, -0.2) is 4.57 Å². The van der Waals surface area contributed by atoms with Crippen LogP contribution < -0.4 is 5.32 Å². The second kappa shape index (κ2) is 46.0. The van der Waals surface area contributed by atoms with Crippen LogP contribution in [0.2, 0.25) is 0 Å². The number of nitrogens with zero attached hydrogens (tertiary/aromatic N) is 1. The Morgan fingerprint density at radius 3 is 1.42 bits per heavy atom. The predicted molar refractivity (Wildman–Crippen MR) is 277 cm³/mol. The molecule has 2 N–H and O–H groups in total. The number of ether oxygens (including phenoxy) is 1. The van der Waals surface area contributed by atoms with Crippen molar-refractivity contribution in [1.29, 1.82) is 0 Å². The maximum Gasteiger partial charge on any atom is 0.472 e. The quantitative estimate of drug-likeness (QED) is 0.0205. The molecule has 0 bridgehead atoms. The van der Waals surface area contributed by atoms with Crippen LogP contribution in [-0.4, -0.2) is 74.3 Å². The van der Waals surface area contributed by atoms with Crippen LogP contribution in [0, 0.1) is 0 Å². The summed E-state index contributed by atoms with van der Waals surface area (Å²) in [4.78, 5) is 37.4. The molecule has 0 saturated heterocycles. The van der Waals surface area contributed by atoms with Crippen molar-refractivity contribution in [2.75, 3.05) is 40.9 Å². The van der Waals surface area contributed by atoms with E-state index in [0.717, 1.165) is 77.0 Å². The van der Waals surface area contributed by atoms with E-state index in [0.29, 0.717) is 17.4 Å². The van der Waals surface area contributed by atoms with E-state index in [9.17, 15) is 19.0 Å². The van der Waals surface area contributed by atoms with Gasteiger partial charge in [0.05, 0.1) is 33.8 Å². The van der Waals surface area contributed by atoms with Gasteiger partial charge in [0.25, 0.3) is 0 Å². The summed E-state index contributed by atoms with van der Waals surface area (Å²) in [6.07, 6.45) is 52.7. The fraction of sp³-hybridized carbons (Fsp3) is 0.855. The van der Waals surface area contributed by atoms with Crippen LogP contribution in [0.25, 0.3) is 0 Å². The van der Waals surface area contributed by atoms with Gasteiger partial charge in [-0.2, -0.15) is 0 Å². The third-order valence-corrected chi connectivity index (χ3v) is 13.1. The van der Waals surface area contributed by atoms with Crippen molar-refractivity contribution in [3.05, 3.63) is 36.5 Å². The molecule has 0 rings (SSSR count). The maximum absolute atomic E-state index is 13.4. The van der Waals surface area contributed by atoms with Gasteiger partial charge >= 0.3 is 13.8 Å². The van der Waals surface area contributed by atoms with Crippen LogP contribution in [0.1, 0.15) is 252 Å². The van der Waals surface area contributed by atoms with Gasteiger partial charge < -0.3 is 19.4 Å². The first-order valence-corrected chi connectivity index (χ1v) is 28.8. The Morgan fingerprint density at radius 1 is 0.538 bits per heavy atom. The molecular weight excluding hydrogens is 832 g/mol. The van der Waals surface area contributed by atoms with E-state index in [4.69, 9.17) is 13.8 Å². The van der Waals surface area contributed by atoms with E-state index >= 15 is 0 Å². The minimum absolute atomic E-state index is 0.0406. The number of rotatable bonds is 49. The van der Waals surface area contributed by atoms with Crippen molar-refractivity contribution >= 4 is 19.7 Å². The average Bonchev–Trinajstić information content (AvgIpc) is 3.26. The van der Waals surface area contributed by atoms with Gasteiger partial charge in [0.1, 0.15) is 19.3 Å². The molecule has 0 fully saturated rings. The summed E-state index contributed by atoms with van der Waals surface area (Å²) in [6, 6.07) is -0.845. The Balaban J connectivity index is 5.34. The number of esters is 1. The number of nitrogens with one attached hydrogen (secondary N) is 1. The molecule has 0 aliphatic carbocycles. The first-order chi connectivity index (χ1) is 31.4. The summed E-state index contributed by atoms with van der Waals surface area (Å²) in [5.41, 5.74) is 0. The number of phosphoric acid groups is 1. The van der Waals surface area contributed by atoms with Crippen LogP contribution >= 0.6 is 7.82 Å². The molecule has 382 valence electrons. The van der Waals surface area contributed by atoms with Crippen molar-refractivity contribution in [3.8, 4) is 0 Å². The highest BCUT2D eigenvalue weighted by molar-refractivity contribution is 7.47. The molecular formula is C55H106N2O7P+. The molecule has 0 aliphatic heterocycles. The van der Waals surface area contributed by atoms with Gasteiger partial charge in [0, 0.05) is 12.8 Å². The summed E-state index contributed by atoms with van der Waals surface area (Å²) in [5.74, 6) is -0.510. The summed E-state index contributed by atoms with van der Waals surface area (Å²) in [6.45, 7) is 6.97. The Hall–Kier alpha value is -1.77. The Labute approximate surface area is 402 Å². The highest BCUT2D eigenvalue weighted by atomic mass is 31.2. The predicted octanol–water partition coefficient (Wildman–Crippen LogP) is 16.0. The largest absolute Gasteiger partial charge is 0.472 e. The smallest absolute Gasteiger partial charge is 0.456 e. The Kier molecular flexibility index (Phi) is 44.7. The first kappa shape index (κ1) is 63.2. The molecule has 65 heavy (non-hydrogen) atoms. The lowest BCUT2D eigenvalue weighted by molar-refractivity contribution is -0.870. The highest BCUT2D eigenvalue weighted by Gasteiger charge is 2.30. The van der Waals surface area contributed by atoms with Crippen molar-refractivity contribution < 1.29 is 37.3 Å². The molecule has 3 atom stereocenters. The van der Waals surface area contributed by atoms with Gasteiger partial charge in [0.15, 0.2) is 0 Å². The minimum Gasteiger partial charge on any atom is -0.456 e. The number of unbranched alkanes of at least 4 members (excludes halogenated alkanes) is 29. The van der Waals surface area contributed by atoms with Crippen LogP contribution in [0.5, 0.6) is 0 Å². The monoisotopic (exact) mass is 938 g/mol. The molecule has 0 radical (unpaired) electrons. The summed E-state index contributed by atoms with van der Waals surface area (Å²) < 4.78 is 30.5. The maximum atomic E-state index is 13.4. The van der Waals surface area contributed by atoms with E-state index in [1.165, 1.54) is 141 Å². The molecule has 3 unspecified atom stereocenters. The van der Waals surface area contributed by atoms with Crippen molar-refractivity contribution in [2.24, 2.45) is 0 Å². The number of hydrogen-bond acceptors (Lipinski definition) is 6. The van der Waals surface area contributed by atoms with E-state index in [-0.39, 0.29) is 31.5 Å². The van der Waals surface area contributed by atoms with Gasteiger partial charge in [-0.15, -0.1) is 0 Å². The lowest BCUT2D eigenvalue weighted by Gasteiger charge is -2.27. The van der Waals surface area contributed by atoms with Crippen molar-refractivity contribution in [3.63, 3.8) is 0 Å². The molecule has 0 aromatic carbocycles. The van der Waals surface area contributed by atoms with E-state index in [1.807, 2.05) is 33.3 Å². The molecule has 0 aromatic heterocycles. The molecule has 0 aliphatic rings. The fourth-order valence-corrected chi connectivity index (χ4v) is 8.53. The van der Waals surface area contributed by atoms with Gasteiger partial charge in [-0.3, -0.25) is 18.6 Å². The number of carbonyl (C=O) groups is 2. The van der Waals surface area contributed by atoms with Crippen molar-refractivity contribution in [2.45, 2.75) is 264 Å². The topological polar surface area (TPSA) is 111 Å².